The highest BCUT2D eigenvalue weighted by molar-refractivity contribution is 7.22. The molecule has 1 amide bonds. The van der Waals surface area contributed by atoms with E-state index in [9.17, 15) is 4.79 Å². The summed E-state index contributed by atoms with van der Waals surface area (Å²) in [5.41, 5.74) is 1.92. The monoisotopic (exact) mass is 509 g/mol. The lowest BCUT2D eigenvalue weighted by molar-refractivity contribution is -0.119. The van der Waals surface area contributed by atoms with Gasteiger partial charge in [-0.1, -0.05) is 41.1 Å². The summed E-state index contributed by atoms with van der Waals surface area (Å²) in [6.07, 6.45) is 1.17. The number of halogens is 2. The van der Waals surface area contributed by atoms with Gasteiger partial charge in [-0.2, -0.15) is 0 Å². The van der Waals surface area contributed by atoms with Crippen molar-refractivity contribution >= 4 is 56.6 Å². The van der Waals surface area contributed by atoms with Gasteiger partial charge in [0.15, 0.2) is 5.13 Å². The number of carbonyl (C=O) groups is 1. The molecular weight excluding hydrogens is 481 g/mol. The Bertz CT molecular complexity index is 1040. The Morgan fingerprint density at radius 2 is 2.00 bits per heavy atom. The third kappa shape index (κ3) is 7.04. The lowest BCUT2D eigenvalue weighted by Gasteiger charge is -2.27. The van der Waals surface area contributed by atoms with Crippen LogP contribution in [0.5, 0.6) is 5.75 Å². The highest BCUT2D eigenvalue weighted by Gasteiger charge is 2.21. The van der Waals surface area contributed by atoms with Gasteiger partial charge in [0, 0.05) is 31.2 Å². The molecule has 0 saturated carbocycles. The Labute approximate surface area is 209 Å². The molecule has 0 bridgehead atoms. The van der Waals surface area contributed by atoms with Crippen LogP contribution in [-0.4, -0.2) is 61.8 Å². The predicted molar refractivity (Wildman–Crippen MR) is 137 cm³/mol. The van der Waals surface area contributed by atoms with E-state index >= 15 is 0 Å². The van der Waals surface area contributed by atoms with Crippen molar-refractivity contribution in [3.05, 3.63) is 53.1 Å². The summed E-state index contributed by atoms with van der Waals surface area (Å²) in [5, 5.41) is 1.41. The number of carbonyl (C=O) groups excluding carboxylic acids is 1. The maximum atomic E-state index is 13.2. The lowest BCUT2D eigenvalue weighted by Crippen LogP contribution is -2.39. The van der Waals surface area contributed by atoms with Gasteiger partial charge in [-0.05, 0) is 43.2 Å². The van der Waals surface area contributed by atoms with Gasteiger partial charge in [0.2, 0.25) is 5.91 Å². The molecule has 0 radical (unpaired) electrons. The quantitative estimate of drug-likeness (QED) is 0.396. The zero-order valence-electron chi connectivity index (χ0n) is 18.7. The molecule has 178 valence electrons. The first kappa shape index (κ1) is 25.7. The third-order valence-electron chi connectivity index (χ3n) is 5.46. The summed E-state index contributed by atoms with van der Waals surface area (Å²) < 4.78 is 12.2. The molecule has 1 aliphatic rings. The van der Waals surface area contributed by atoms with Crippen LogP contribution in [0, 0.1) is 6.92 Å². The Balaban J connectivity index is 0.00000306. The number of morpholine rings is 1. The molecule has 9 heteroatoms. The number of aryl methyl sites for hydroxylation is 1. The molecule has 1 saturated heterocycles. The van der Waals surface area contributed by atoms with Gasteiger partial charge in [-0.25, -0.2) is 4.98 Å². The zero-order valence-corrected chi connectivity index (χ0v) is 21.1. The van der Waals surface area contributed by atoms with E-state index in [1.807, 2.05) is 54.3 Å². The number of ether oxygens (including phenoxy) is 2. The summed E-state index contributed by atoms with van der Waals surface area (Å²) in [4.78, 5) is 22.2. The molecule has 0 N–H and O–H groups in total. The molecular formula is C24H29Cl2N3O3S. The number of benzene rings is 2. The van der Waals surface area contributed by atoms with Crippen LogP contribution in [-0.2, 0) is 9.53 Å². The van der Waals surface area contributed by atoms with Crippen LogP contribution < -0.4 is 9.64 Å². The maximum absolute atomic E-state index is 13.2. The molecule has 2 heterocycles. The number of hydrogen-bond donors (Lipinski definition) is 0. The lowest BCUT2D eigenvalue weighted by atomic mass is 10.2. The number of hydrogen-bond acceptors (Lipinski definition) is 6. The van der Waals surface area contributed by atoms with Crippen molar-refractivity contribution in [2.75, 3.05) is 50.9 Å². The minimum absolute atomic E-state index is 0. The van der Waals surface area contributed by atoms with Crippen molar-refractivity contribution in [3.8, 4) is 5.75 Å². The first-order valence-corrected chi connectivity index (χ1v) is 12.1. The van der Waals surface area contributed by atoms with Gasteiger partial charge >= 0.3 is 0 Å². The zero-order chi connectivity index (χ0) is 22.3. The van der Waals surface area contributed by atoms with Crippen LogP contribution in [0.2, 0.25) is 5.02 Å². The molecule has 0 aliphatic carbocycles. The van der Waals surface area contributed by atoms with Crippen molar-refractivity contribution in [1.82, 2.24) is 9.88 Å². The Kier molecular flexibility index (Phi) is 9.77. The second-order valence-corrected chi connectivity index (χ2v) is 9.28. The number of fused-ring (bicyclic) bond motifs is 1. The summed E-state index contributed by atoms with van der Waals surface area (Å²) in [6.45, 7) is 7.32. The minimum atomic E-state index is 0. The third-order valence-corrected chi connectivity index (χ3v) is 6.70. The fourth-order valence-corrected chi connectivity index (χ4v) is 5.23. The van der Waals surface area contributed by atoms with Crippen LogP contribution in [0.15, 0.2) is 42.5 Å². The summed E-state index contributed by atoms with van der Waals surface area (Å²) >= 11 is 7.75. The van der Waals surface area contributed by atoms with E-state index in [4.69, 9.17) is 26.1 Å². The van der Waals surface area contributed by atoms with E-state index in [0.717, 1.165) is 65.9 Å². The normalized spacial score (nSPS) is 14.1. The van der Waals surface area contributed by atoms with E-state index in [0.29, 0.717) is 24.6 Å². The van der Waals surface area contributed by atoms with Gasteiger partial charge in [0.05, 0.1) is 36.5 Å². The SMILES string of the molecule is Cc1cc(Cl)cc2sc(N(CCCN3CCOCC3)C(=O)CCOc3ccccc3)nc12.Cl. The maximum Gasteiger partial charge on any atom is 0.232 e. The second-order valence-electron chi connectivity index (χ2n) is 7.83. The number of thiazole rings is 1. The molecule has 3 aromatic rings. The molecule has 0 unspecified atom stereocenters. The Morgan fingerprint density at radius 1 is 1.24 bits per heavy atom. The average Bonchev–Trinajstić information content (AvgIpc) is 3.22. The van der Waals surface area contributed by atoms with Gasteiger partial charge < -0.3 is 9.47 Å². The molecule has 0 atom stereocenters. The fourth-order valence-electron chi connectivity index (χ4n) is 3.77. The van der Waals surface area contributed by atoms with Crippen LogP contribution in [0.4, 0.5) is 5.13 Å². The largest absolute Gasteiger partial charge is 0.493 e. The van der Waals surface area contributed by atoms with E-state index in [1.165, 1.54) is 11.3 Å². The Morgan fingerprint density at radius 3 is 2.76 bits per heavy atom. The first-order valence-electron chi connectivity index (χ1n) is 10.9. The number of para-hydroxylation sites is 1. The molecule has 1 aromatic heterocycles. The van der Waals surface area contributed by atoms with Crippen molar-refractivity contribution in [2.45, 2.75) is 19.8 Å². The van der Waals surface area contributed by atoms with Crippen molar-refractivity contribution in [2.24, 2.45) is 0 Å². The summed E-state index contributed by atoms with van der Waals surface area (Å²) in [6, 6.07) is 13.4. The summed E-state index contributed by atoms with van der Waals surface area (Å²) in [5.74, 6) is 0.787. The topological polar surface area (TPSA) is 54.9 Å². The van der Waals surface area contributed by atoms with Gasteiger partial charge in [0.25, 0.3) is 0 Å². The number of nitrogens with zero attached hydrogens (tertiary/aromatic N) is 3. The molecule has 2 aromatic carbocycles. The van der Waals surface area contributed by atoms with Crippen LogP contribution in [0.3, 0.4) is 0 Å². The molecule has 1 fully saturated rings. The Hall–Kier alpha value is -1.90. The van der Waals surface area contributed by atoms with Crippen molar-refractivity contribution in [1.29, 1.82) is 0 Å². The standard InChI is InChI=1S/C24H28ClN3O3S.ClH/c1-18-16-19(25)17-21-23(18)26-24(32-21)28(10-5-9-27-11-14-30-15-12-27)22(29)8-13-31-20-6-3-2-4-7-20;/h2-4,6-7,16-17H,5,8-15H2,1H3;1H. The molecule has 6 nitrogen and oxygen atoms in total. The van der Waals surface area contributed by atoms with Gasteiger partial charge in [-0.3, -0.25) is 14.6 Å². The van der Waals surface area contributed by atoms with Crippen LogP contribution >= 0.6 is 35.3 Å². The minimum Gasteiger partial charge on any atom is -0.493 e. The van der Waals surface area contributed by atoms with Crippen molar-refractivity contribution < 1.29 is 14.3 Å². The van der Waals surface area contributed by atoms with E-state index in [2.05, 4.69) is 4.90 Å². The van der Waals surface area contributed by atoms with Crippen LogP contribution in [0.1, 0.15) is 18.4 Å². The molecule has 33 heavy (non-hydrogen) atoms. The fraction of sp³-hybridized carbons (Fsp3) is 0.417. The van der Waals surface area contributed by atoms with E-state index < -0.39 is 0 Å². The average molecular weight is 510 g/mol. The summed E-state index contributed by atoms with van der Waals surface area (Å²) in [7, 11) is 0. The number of anilines is 1. The van der Waals surface area contributed by atoms with Gasteiger partial charge in [0.1, 0.15) is 5.75 Å². The number of amides is 1. The van der Waals surface area contributed by atoms with E-state index in [-0.39, 0.29) is 18.3 Å². The number of aromatic nitrogens is 1. The van der Waals surface area contributed by atoms with Crippen LogP contribution in [0.25, 0.3) is 10.2 Å². The van der Waals surface area contributed by atoms with Gasteiger partial charge in [-0.15, -0.1) is 12.4 Å². The molecule has 0 spiro atoms. The first-order chi connectivity index (χ1) is 15.6. The number of rotatable bonds is 9. The molecule has 4 rings (SSSR count). The molecule has 1 aliphatic heterocycles. The smallest absolute Gasteiger partial charge is 0.232 e. The highest BCUT2D eigenvalue weighted by Crippen LogP contribution is 2.33. The predicted octanol–water partition coefficient (Wildman–Crippen LogP) is 5.20. The second kappa shape index (κ2) is 12.5. The van der Waals surface area contributed by atoms with E-state index in [1.54, 1.807) is 0 Å². The highest BCUT2D eigenvalue weighted by atomic mass is 35.5. The van der Waals surface area contributed by atoms with Crippen molar-refractivity contribution in [3.63, 3.8) is 0 Å².